The zero-order valence-electron chi connectivity index (χ0n) is 15.6. The van der Waals surface area contributed by atoms with Crippen LogP contribution in [-0.2, 0) is 17.8 Å². The van der Waals surface area contributed by atoms with E-state index in [1.807, 2.05) is 42.5 Å². The molecule has 4 rings (SSSR count). The average molecular weight is 386 g/mol. The van der Waals surface area contributed by atoms with E-state index >= 15 is 0 Å². The van der Waals surface area contributed by atoms with Gasteiger partial charge in [0.25, 0.3) is 0 Å². The fourth-order valence-corrected chi connectivity index (χ4v) is 2.99. The lowest BCUT2D eigenvalue weighted by Crippen LogP contribution is -2.15. The highest BCUT2D eigenvalue weighted by molar-refractivity contribution is 5.91. The van der Waals surface area contributed by atoms with Crippen molar-refractivity contribution in [2.24, 2.45) is 0 Å². The maximum atomic E-state index is 13.0. The van der Waals surface area contributed by atoms with Crippen LogP contribution in [0.25, 0.3) is 11.3 Å². The highest BCUT2D eigenvalue weighted by Crippen LogP contribution is 2.17. The summed E-state index contributed by atoms with van der Waals surface area (Å²) in [6, 6.07) is 21.5. The molecule has 0 bridgehead atoms. The average Bonchev–Trinajstić information content (AvgIpc) is 3.17. The number of carbonyl (C=O) groups excluding carboxylic acids is 1. The summed E-state index contributed by atoms with van der Waals surface area (Å²) in [5.41, 5.74) is 3.75. The summed E-state index contributed by atoms with van der Waals surface area (Å²) in [6.07, 6.45) is 3.79. The van der Waals surface area contributed by atoms with Crippen LogP contribution in [-0.4, -0.2) is 20.7 Å². The molecule has 0 atom stereocenters. The lowest BCUT2D eigenvalue weighted by molar-refractivity contribution is -0.115. The summed E-state index contributed by atoms with van der Waals surface area (Å²) in [5, 5.41) is 7.15. The van der Waals surface area contributed by atoms with Crippen LogP contribution in [0.15, 0.2) is 85.2 Å². The zero-order valence-corrected chi connectivity index (χ0v) is 15.6. The Kier molecular flexibility index (Phi) is 5.42. The van der Waals surface area contributed by atoms with Gasteiger partial charge in [0, 0.05) is 24.0 Å². The predicted octanol–water partition coefficient (Wildman–Crippen LogP) is 4.31. The quantitative estimate of drug-likeness (QED) is 0.537. The van der Waals surface area contributed by atoms with Crippen molar-refractivity contribution < 1.29 is 9.18 Å². The summed E-state index contributed by atoms with van der Waals surface area (Å²) in [6.45, 7) is 0.505. The Bertz CT molecular complexity index is 1090. The van der Waals surface area contributed by atoms with Crippen LogP contribution in [0.3, 0.4) is 0 Å². The van der Waals surface area contributed by atoms with E-state index in [2.05, 4.69) is 15.4 Å². The smallest absolute Gasteiger partial charge is 0.229 e. The van der Waals surface area contributed by atoms with Gasteiger partial charge in [-0.15, -0.1) is 0 Å². The lowest BCUT2D eigenvalue weighted by Gasteiger charge is -2.05. The van der Waals surface area contributed by atoms with Gasteiger partial charge in [-0.1, -0.05) is 42.5 Å². The summed E-state index contributed by atoms with van der Waals surface area (Å²) < 4.78 is 14.7. The van der Waals surface area contributed by atoms with E-state index in [1.54, 1.807) is 35.3 Å². The highest BCUT2D eigenvalue weighted by atomic mass is 19.1. The summed E-state index contributed by atoms with van der Waals surface area (Å²) in [7, 11) is 0. The zero-order chi connectivity index (χ0) is 20.1. The molecule has 2 heterocycles. The van der Waals surface area contributed by atoms with Gasteiger partial charge in [-0.05, 0) is 35.4 Å². The predicted molar refractivity (Wildman–Crippen MR) is 110 cm³/mol. The molecule has 0 saturated carbocycles. The standard InChI is InChI=1S/C23H19FN4O/c24-20-10-6-18(7-11-20)16-28-14-12-22(27-28)26-23(29)15-17-4-8-19(9-5-17)21-3-1-2-13-25-21/h1-14H,15-16H2,(H,26,27,29). The van der Waals surface area contributed by atoms with Crippen LogP contribution in [0.4, 0.5) is 10.2 Å². The van der Waals surface area contributed by atoms with E-state index < -0.39 is 0 Å². The van der Waals surface area contributed by atoms with Crippen molar-refractivity contribution in [1.29, 1.82) is 0 Å². The molecule has 4 aromatic rings. The molecule has 1 N–H and O–H groups in total. The number of hydrogen-bond donors (Lipinski definition) is 1. The molecule has 0 saturated heterocycles. The number of nitrogens with zero attached hydrogens (tertiary/aromatic N) is 3. The molecule has 6 heteroatoms. The van der Waals surface area contributed by atoms with E-state index in [4.69, 9.17) is 0 Å². The van der Waals surface area contributed by atoms with Gasteiger partial charge in [-0.3, -0.25) is 14.5 Å². The SMILES string of the molecule is O=C(Cc1ccc(-c2ccccn2)cc1)Nc1ccn(Cc2ccc(F)cc2)n1. The maximum Gasteiger partial charge on any atom is 0.229 e. The Balaban J connectivity index is 1.34. The molecule has 1 amide bonds. The van der Waals surface area contributed by atoms with Crippen molar-refractivity contribution >= 4 is 11.7 Å². The number of pyridine rings is 1. The Hall–Kier alpha value is -3.80. The van der Waals surface area contributed by atoms with Gasteiger partial charge >= 0.3 is 0 Å². The minimum Gasteiger partial charge on any atom is -0.309 e. The molecule has 2 aromatic carbocycles. The first-order valence-electron chi connectivity index (χ1n) is 9.24. The summed E-state index contributed by atoms with van der Waals surface area (Å²) in [4.78, 5) is 16.7. The molecule has 0 unspecified atom stereocenters. The molecule has 0 aliphatic rings. The Morgan fingerprint density at radius 2 is 1.69 bits per heavy atom. The number of carbonyl (C=O) groups is 1. The van der Waals surface area contributed by atoms with Crippen molar-refractivity contribution in [1.82, 2.24) is 14.8 Å². The van der Waals surface area contributed by atoms with Gasteiger partial charge in [0.05, 0.1) is 18.7 Å². The molecule has 0 aliphatic heterocycles. The molecule has 0 spiro atoms. The second kappa shape index (κ2) is 8.48. The number of amides is 1. The first kappa shape index (κ1) is 18.6. The number of rotatable bonds is 6. The van der Waals surface area contributed by atoms with Crippen LogP contribution >= 0.6 is 0 Å². The topological polar surface area (TPSA) is 59.8 Å². The van der Waals surface area contributed by atoms with Crippen molar-refractivity contribution in [3.05, 3.63) is 102 Å². The molecular formula is C23H19FN4O. The van der Waals surface area contributed by atoms with Crippen LogP contribution in [0.1, 0.15) is 11.1 Å². The van der Waals surface area contributed by atoms with Crippen LogP contribution in [0, 0.1) is 5.82 Å². The fourth-order valence-electron chi connectivity index (χ4n) is 2.99. The van der Waals surface area contributed by atoms with E-state index in [0.29, 0.717) is 12.4 Å². The van der Waals surface area contributed by atoms with E-state index in [1.165, 1.54) is 12.1 Å². The van der Waals surface area contributed by atoms with Crippen molar-refractivity contribution in [3.63, 3.8) is 0 Å². The van der Waals surface area contributed by atoms with Crippen molar-refractivity contribution in [2.75, 3.05) is 5.32 Å². The third-order valence-corrected chi connectivity index (χ3v) is 4.45. The second-order valence-electron chi connectivity index (χ2n) is 6.66. The van der Waals surface area contributed by atoms with Gasteiger partial charge in [0.2, 0.25) is 5.91 Å². The molecule has 5 nitrogen and oxygen atoms in total. The Morgan fingerprint density at radius 3 is 2.41 bits per heavy atom. The largest absolute Gasteiger partial charge is 0.309 e. The van der Waals surface area contributed by atoms with Gasteiger partial charge in [0.1, 0.15) is 5.82 Å². The molecule has 2 aromatic heterocycles. The van der Waals surface area contributed by atoms with Gasteiger partial charge < -0.3 is 5.32 Å². The number of aromatic nitrogens is 3. The van der Waals surface area contributed by atoms with Crippen molar-refractivity contribution in [2.45, 2.75) is 13.0 Å². The molecule has 0 radical (unpaired) electrons. The molecule has 0 fully saturated rings. The number of benzene rings is 2. The number of nitrogens with one attached hydrogen (secondary N) is 1. The molecule has 0 aliphatic carbocycles. The van der Waals surface area contributed by atoms with Gasteiger partial charge in [-0.2, -0.15) is 5.10 Å². The summed E-state index contributed by atoms with van der Waals surface area (Å²) >= 11 is 0. The van der Waals surface area contributed by atoms with Crippen LogP contribution in [0.2, 0.25) is 0 Å². The van der Waals surface area contributed by atoms with E-state index in [0.717, 1.165) is 22.4 Å². The number of halogens is 1. The summed E-state index contributed by atoms with van der Waals surface area (Å²) in [5.74, 6) is 0.0834. The maximum absolute atomic E-state index is 13.0. The second-order valence-corrected chi connectivity index (χ2v) is 6.66. The first-order valence-corrected chi connectivity index (χ1v) is 9.24. The lowest BCUT2D eigenvalue weighted by atomic mass is 10.1. The van der Waals surface area contributed by atoms with Crippen LogP contribution < -0.4 is 5.32 Å². The minimum atomic E-state index is -0.268. The van der Waals surface area contributed by atoms with Gasteiger partial charge in [-0.25, -0.2) is 4.39 Å². The number of anilines is 1. The normalized spacial score (nSPS) is 10.7. The molecule has 29 heavy (non-hydrogen) atoms. The highest BCUT2D eigenvalue weighted by Gasteiger charge is 2.08. The Morgan fingerprint density at radius 1 is 0.931 bits per heavy atom. The minimum absolute atomic E-state index is 0.136. The van der Waals surface area contributed by atoms with E-state index in [9.17, 15) is 9.18 Å². The van der Waals surface area contributed by atoms with Gasteiger partial charge in [0.15, 0.2) is 5.82 Å². The third-order valence-electron chi connectivity index (χ3n) is 4.45. The first-order chi connectivity index (χ1) is 14.2. The molecule has 144 valence electrons. The number of hydrogen-bond acceptors (Lipinski definition) is 3. The Labute approximate surface area is 167 Å². The van der Waals surface area contributed by atoms with Crippen LogP contribution in [0.5, 0.6) is 0 Å². The fraction of sp³-hybridized carbons (Fsp3) is 0.0870. The van der Waals surface area contributed by atoms with Crippen molar-refractivity contribution in [3.8, 4) is 11.3 Å². The van der Waals surface area contributed by atoms with E-state index in [-0.39, 0.29) is 18.1 Å². The monoisotopic (exact) mass is 386 g/mol. The third kappa shape index (κ3) is 4.93. The molecular weight excluding hydrogens is 367 g/mol.